The highest BCUT2D eigenvalue weighted by Crippen LogP contribution is 2.47. The summed E-state index contributed by atoms with van der Waals surface area (Å²) in [4.78, 5) is 44.3. The third kappa shape index (κ3) is 10.2. The summed E-state index contributed by atoms with van der Waals surface area (Å²) in [5.74, 6) is 0.670. The first-order chi connectivity index (χ1) is 29.7. The molecule has 12 nitrogen and oxygen atoms in total. The molecule has 0 saturated heterocycles. The second-order valence-corrected chi connectivity index (χ2v) is 18.0. The molecule has 14 heteroatoms. The van der Waals surface area contributed by atoms with Gasteiger partial charge in [-0.2, -0.15) is 0 Å². The van der Waals surface area contributed by atoms with Crippen molar-refractivity contribution in [2.75, 3.05) is 26.2 Å². The number of thiophene rings is 1. The van der Waals surface area contributed by atoms with Gasteiger partial charge in [0, 0.05) is 53.8 Å². The van der Waals surface area contributed by atoms with Crippen LogP contribution in [0.5, 0.6) is 5.75 Å². The normalized spacial score (nSPS) is 14.2. The van der Waals surface area contributed by atoms with Crippen LogP contribution in [-0.2, 0) is 22.5 Å². The summed E-state index contributed by atoms with van der Waals surface area (Å²) in [6.07, 6.45) is 6.42. The molecule has 2 atom stereocenters. The average Bonchev–Trinajstić information content (AvgIpc) is 3.99. The van der Waals surface area contributed by atoms with Gasteiger partial charge in [-0.1, -0.05) is 47.3 Å². The van der Waals surface area contributed by atoms with E-state index in [4.69, 9.17) is 9.47 Å². The molecule has 2 amide bonds. The molecule has 0 fully saturated rings. The number of hydrogen-bond donors (Lipinski definition) is 3. The lowest BCUT2D eigenvalue weighted by Gasteiger charge is -2.30. The Morgan fingerprint density at radius 2 is 1.84 bits per heavy atom. The first-order valence-corrected chi connectivity index (χ1v) is 22.3. The SMILES string of the molecule is C=CNC(C(=O)N(CCC)CCN/C(=C\N=C)c1cc(F)c2c(c1)OC(c1ccc(CC)s1)n1c-2cc2cc(-c3cnc(CN(CCC)C(=O)OC(C)(C)C)[nH]3)ccc21)C(C)C. The molecule has 62 heavy (non-hydrogen) atoms. The largest absolute Gasteiger partial charge is 0.464 e. The average molecular weight is 865 g/mol. The van der Waals surface area contributed by atoms with Gasteiger partial charge < -0.3 is 34.9 Å². The molecule has 0 spiro atoms. The summed E-state index contributed by atoms with van der Waals surface area (Å²) >= 11 is 1.68. The van der Waals surface area contributed by atoms with Gasteiger partial charge in [0.15, 0.2) is 0 Å². The zero-order valence-electron chi connectivity index (χ0n) is 37.3. The molecule has 0 radical (unpaired) electrons. The van der Waals surface area contributed by atoms with Crippen molar-refractivity contribution in [2.24, 2.45) is 10.9 Å². The van der Waals surface area contributed by atoms with Gasteiger partial charge in [-0.15, -0.1) is 11.3 Å². The number of benzene rings is 2. The number of aromatic nitrogens is 3. The van der Waals surface area contributed by atoms with Crippen LogP contribution in [0, 0.1) is 11.7 Å². The smallest absolute Gasteiger partial charge is 0.410 e. The molecule has 0 saturated carbocycles. The number of aliphatic imine (C=N–C) groups is 1. The fourth-order valence-corrected chi connectivity index (χ4v) is 8.69. The fourth-order valence-electron chi connectivity index (χ4n) is 7.72. The highest BCUT2D eigenvalue weighted by molar-refractivity contribution is 7.12. The van der Waals surface area contributed by atoms with Crippen LogP contribution in [0.2, 0.25) is 0 Å². The molecule has 330 valence electrons. The molecule has 1 aliphatic rings. The van der Waals surface area contributed by atoms with E-state index in [1.54, 1.807) is 34.8 Å². The summed E-state index contributed by atoms with van der Waals surface area (Å²) in [5, 5.41) is 7.41. The minimum Gasteiger partial charge on any atom is -0.464 e. The van der Waals surface area contributed by atoms with Crippen molar-refractivity contribution in [2.45, 2.75) is 99.1 Å². The van der Waals surface area contributed by atoms with Gasteiger partial charge in [-0.05, 0) is 101 Å². The zero-order chi connectivity index (χ0) is 44.7. The Balaban J connectivity index is 1.32. The molecule has 2 unspecified atom stereocenters. The number of imidazole rings is 1. The minimum atomic E-state index is -0.608. The first kappa shape index (κ1) is 45.6. The summed E-state index contributed by atoms with van der Waals surface area (Å²) in [6.45, 7) is 25.4. The molecular formula is C48H61FN8O4S. The summed E-state index contributed by atoms with van der Waals surface area (Å²) in [7, 11) is 0. The van der Waals surface area contributed by atoms with E-state index in [9.17, 15) is 9.59 Å². The highest BCUT2D eigenvalue weighted by Gasteiger charge is 2.33. The van der Waals surface area contributed by atoms with E-state index in [0.29, 0.717) is 60.3 Å². The van der Waals surface area contributed by atoms with E-state index in [2.05, 4.69) is 68.6 Å². The Kier molecular flexibility index (Phi) is 14.6. The quantitative estimate of drug-likeness (QED) is 0.0705. The third-order valence-electron chi connectivity index (χ3n) is 10.6. The van der Waals surface area contributed by atoms with Crippen molar-refractivity contribution in [1.29, 1.82) is 0 Å². The van der Waals surface area contributed by atoms with E-state index >= 15 is 4.39 Å². The number of aryl methyl sites for hydroxylation is 1. The number of halogens is 1. The van der Waals surface area contributed by atoms with Crippen LogP contribution in [0.4, 0.5) is 9.18 Å². The van der Waals surface area contributed by atoms with E-state index in [1.807, 2.05) is 77.6 Å². The summed E-state index contributed by atoms with van der Waals surface area (Å²) in [5.41, 5.74) is 4.11. The number of nitrogens with zero attached hydrogens (tertiary/aromatic N) is 5. The van der Waals surface area contributed by atoms with Crippen molar-refractivity contribution >= 4 is 46.7 Å². The predicted molar refractivity (Wildman–Crippen MR) is 249 cm³/mol. The van der Waals surface area contributed by atoms with E-state index < -0.39 is 17.6 Å². The number of nitrogens with one attached hydrogen (secondary N) is 3. The van der Waals surface area contributed by atoms with Crippen LogP contribution in [0.3, 0.4) is 0 Å². The van der Waals surface area contributed by atoms with Crippen LogP contribution in [0.25, 0.3) is 39.1 Å². The molecule has 3 N–H and O–H groups in total. The highest BCUT2D eigenvalue weighted by atomic mass is 32.1. The molecule has 6 rings (SSSR count). The van der Waals surface area contributed by atoms with Crippen molar-refractivity contribution < 1.29 is 23.5 Å². The van der Waals surface area contributed by atoms with Crippen LogP contribution >= 0.6 is 11.3 Å². The summed E-state index contributed by atoms with van der Waals surface area (Å²) < 4.78 is 31.3. The number of hydrogen-bond acceptors (Lipinski definition) is 9. The maximum atomic E-state index is 16.8. The van der Waals surface area contributed by atoms with Crippen LogP contribution in [0.15, 0.2) is 78.7 Å². The Bertz CT molecular complexity index is 2420. The number of rotatable bonds is 19. The van der Waals surface area contributed by atoms with Gasteiger partial charge in [0.25, 0.3) is 0 Å². The fraction of sp³-hybridized carbons (Fsp3) is 0.417. The predicted octanol–water partition coefficient (Wildman–Crippen LogP) is 10.1. The van der Waals surface area contributed by atoms with Gasteiger partial charge in [0.1, 0.15) is 29.0 Å². The number of ether oxygens (including phenoxy) is 2. The maximum Gasteiger partial charge on any atom is 0.410 e. The molecule has 1 aliphatic heterocycles. The number of H-pyrrole nitrogens is 1. The number of aromatic amines is 1. The van der Waals surface area contributed by atoms with E-state index in [0.717, 1.165) is 46.3 Å². The second-order valence-electron chi connectivity index (χ2n) is 16.8. The standard InChI is InChI=1S/C48H61FN8O4S/c1-11-20-55(45(58)44(30(5)6)51-14-4)22-19-52-36(27-50-10)32-24-35(49)43-39-25-33-23-31(37-28-53-42(54-37)29-56(21-12-2)47(59)61-48(7,8)9)15-17-38(33)57(39)46(60-40(43)26-32)41-18-16-34(13-3)62-41/h14-18,23-28,30,44,46,51-52H,4,10-13,19-22,29H2,1-3,5-9H3,(H,53,54)/b36-27-. The number of fused-ring (bicyclic) bond motifs is 5. The van der Waals surface area contributed by atoms with Gasteiger partial charge >= 0.3 is 6.09 Å². The van der Waals surface area contributed by atoms with Crippen molar-refractivity contribution in [3.63, 3.8) is 0 Å². The van der Waals surface area contributed by atoms with Gasteiger partial charge in [0.2, 0.25) is 12.1 Å². The monoisotopic (exact) mass is 864 g/mol. The zero-order valence-corrected chi connectivity index (χ0v) is 38.1. The lowest BCUT2D eigenvalue weighted by Crippen LogP contribution is -2.49. The van der Waals surface area contributed by atoms with E-state index in [-0.39, 0.29) is 30.5 Å². The van der Waals surface area contributed by atoms with Gasteiger partial charge in [-0.25, -0.2) is 14.2 Å². The third-order valence-corrected chi connectivity index (χ3v) is 11.8. The van der Waals surface area contributed by atoms with Crippen LogP contribution < -0.4 is 15.4 Å². The van der Waals surface area contributed by atoms with Crippen molar-refractivity contribution in [1.82, 2.24) is 35.0 Å². The minimum absolute atomic E-state index is 0.000802. The lowest BCUT2D eigenvalue weighted by atomic mass is 10.0. The molecule has 5 aromatic rings. The lowest BCUT2D eigenvalue weighted by molar-refractivity contribution is -0.134. The number of carbonyl (C=O) groups excluding carboxylic acids is 2. The Morgan fingerprint density at radius 1 is 1.08 bits per heavy atom. The van der Waals surface area contributed by atoms with Crippen LogP contribution in [-0.4, -0.2) is 80.9 Å². The Morgan fingerprint density at radius 3 is 2.50 bits per heavy atom. The van der Waals surface area contributed by atoms with Gasteiger partial charge in [0.05, 0.1) is 45.8 Å². The maximum absolute atomic E-state index is 16.8. The van der Waals surface area contributed by atoms with E-state index in [1.165, 1.54) is 10.9 Å². The van der Waals surface area contributed by atoms with Crippen molar-refractivity contribution in [3.05, 3.63) is 101 Å². The molecule has 4 heterocycles. The topological polar surface area (TPSA) is 129 Å². The van der Waals surface area contributed by atoms with Crippen molar-refractivity contribution in [3.8, 4) is 28.3 Å². The first-order valence-electron chi connectivity index (χ1n) is 21.5. The molecule has 0 bridgehead atoms. The molecular weight excluding hydrogens is 804 g/mol. The van der Waals surface area contributed by atoms with Gasteiger partial charge in [-0.3, -0.25) is 14.4 Å². The summed E-state index contributed by atoms with van der Waals surface area (Å²) in [6, 6.07) is 15.3. The second kappa shape index (κ2) is 19.9. The van der Waals surface area contributed by atoms with Crippen LogP contribution in [0.1, 0.15) is 95.6 Å². The number of carbonyl (C=O) groups is 2. The molecule has 2 aromatic carbocycles. The molecule has 3 aromatic heterocycles. The Hall–Kier alpha value is -5.89. The number of amides is 2. The Labute approximate surface area is 368 Å². The molecule has 0 aliphatic carbocycles.